The van der Waals surface area contributed by atoms with Gasteiger partial charge in [-0.25, -0.2) is 4.79 Å². The summed E-state index contributed by atoms with van der Waals surface area (Å²) in [6.07, 6.45) is 2.58. The van der Waals surface area contributed by atoms with Crippen molar-refractivity contribution in [3.05, 3.63) is 45.9 Å². The van der Waals surface area contributed by atoms with Crippen molar-refractivity contribution in [3.63, 3.8) is 0 Å². The zero-order valence-electron chi connectivity index (χ0n) is 14.3. The maximum absolute atomic E-state index is 12.9. The van der Waals surface area contributed by atoms with E-state index in [2.05, 4.69) is 11.9 Å². The molecule has 2 aromatic heterocycles. The highest BCUT2D eigenvalue weighted by atomic mass is 16.5. The molecule has 3 aromatic rings. The Balaban J connectivity index is 2.40. The standard InChI is InChI=1S/C19H22N2O3/c1-4-6-9-13-15-16(20-17(13)19(23)24-5-2)12-10-7-8-11-14(12)21(3)18(15)22/h7-8,10-11,20H,4-6,9H2,1-3H3. The lowest BCUT2D eigenvalue weighted by Gasteiger charge is -2.07. The van der Waals surface area contributed by atoms with Crippen LogP contribution in [0.15, 0.2) is 29.1 Å². The Bertz CT molecular complexity index is 966. The van der Waals surface area contributed by atoms with Gasteiger partial charge in [-0.15, -0.1) is 0 Å². The molecule has 0 atom stereocenters. The van der Waals surface area contributed by atoms with Crippen LogP contribution in [0.5, 0.6) is 0 Å². The number of hydrogen-bond donors (Lipinski definition) is 1. The third kappa shape index (κ3) is 2.50. The van der Waals surface area contributed by atoms with Crippen molar-refractivity contribution in [2.24, 2.45) is 7.05 Å². The molecule has 0 saturated carbocycles. The highest BCUT2D eigenvalue weighted by molar-refractivity contribution is 6.08. The Kier molecular flexibility index (Phi) is 4.42. The highest BCUT2D eigenvalue weighted by Gasteiger charge is 2.22. The van der Waals surface area contributed by atoms with Gasteiger partial charge in [0.2, 0.25) is 0 Å². The molecule has 0 radical (unpaired) electrons. The first-order chi connectivity index (χ1) is 11.6. The Hall–Kier alpha value is -2.56. The number of ether oxygens (including phenoxy) is 1. The van der Waals surface area contributed by atoms with Crippen LogP contribution in [0.3, 0.4) is 0 Å². The van der Waals surface area contributed by atoms with Crippen molar-refractivity contribution < 1.29 is 9.53 Å². The zero-order chi connectivity index (χ0) is 17.3. The lowest BCUT2D eigenvalue weighted by Crippen LogP contribution is -2.18. The van der Waals surface area contributed by atoms with Crippen molar-refractivity contribution in [3.8, 4) is 0 Å². The van der Waals surface area contributed by atoms with Gasteiger partial charge in [0.15, 0.2) is 0 Å². The molecular weight excluding hydrogens is 304 g/mol. The molecular formula is C19H22N2O3. The summed E-state index contributed by atoms with van der Waals surface area (Å²) in [5.41, 5.74) is 2.67. The van der Waals surface area contributed by atoms with Gasteiger partial charge in [-0.1, -0.05) is 31.5 Å². The van der Waals surface area contributed by atoms with Crippen LogP contribution in [-0.2, 0) is 18.2 Å². The summed E-state index contributed by atoms with van der Waals surface area (Å²) in [6.45, 7) is 4.17. The van der Waals surface area contributed by atoms with Crippen molar-refractivity contribution in [1.82, 2.24) is 9.55 Å². The number of esters is 1. The minimum atomic E-state index is -0.397. The van der Waals surface area contributed by atoms with E-state index in [4.69, 9.17) is 4.74 Å². The minimum Gasteiger partial charge on any atom is -0.461 e. The van der Waals surface area contributed by atoms with Gasteiger partial charge in [0, 0.05) is 12.4 Å². The average molecular weight is 326 g/mol. The molecule has 0 amide bonds. The number of benzene rings is 1. The molecule has 0 aliphatic heterocycles. The van der Waals surface area contributed by atoms with E-state index in [-0.39, 0.29) is 5.56 Å². The number of carbonyl (C=O) groups excluding carboxylic acids is 1. The van der Waals surface area contributed by atoms with Gasteiger partial charge < -0.3 is 14.3 Å². The third-order valence-corrected chi connectivity index (χ3v) is 4.42. The molecule has 1 aromatic carbocycles. The number of unbranched alkanes of at least 4 members (excludes halogenated alkanes) is 1. The average Bonchev–Trinajstić information content (AvgIpc) is 2.98. The number of carbonyl (C=O) groups is 1. The molecule has 0 aliphatic rings. The summed E-state index contributed by atoms with van der Waals surface area (Å²) in [4.78, 5) is 28.5. The molecule has 0 spiro atoms. The summed E-state index contributed by atoms with van der Waals surface area (Å²) >= 11 is 0. The molecule has 0 fully saturated rings. The summed E-state index contributed by atoms with van der Waals surface area (Å²) in [6, 6.07) is 7.71. The van der Waals surface area contributed by atoms with Crippen LogP contribution in [0.1, 0.15) is 42.7 Å². The van der Waals surface area contributed by atoms with Gasteiger partial charge in [-0.05, 0) is 31.4 Å². The lowest BCUT2D eigenvalue weighted by atomic mass is 10.0. The minimum absolute atomic E-state index is 0.0819. The summed E-state index contributed by atoms with van der Waals surface area (Å²) in [5.74, 6) is -0.397. The van der Waals surface area contributed by atoms with E-state index in [1.165, 1.54) is 0 Å². The number of rotatable bonds is 5. The van der Waals surface area contributed by atoms with Crippen LogP contribution in [-0.4, -0.2) is 22.1 Å². The normalized spacial score (nSPS) is 11.3. The predicted molar refractivity (Wildman–Crippen MR) is 95.6 cm³/mol. The smallest absolute Gasteiger partial charge is 0.355 e. The van der Waals surface area contributed by atoms with Gasteiger partial charge in [0.05, 0.1) is 23.0 Å². The molecule has 24 heavy (non-hydrogen) atoms. The Morgan fingerprint density at radius 3 is 2.71 bits per heavy atom. The summed E-state index contributed by atoms with van der Waals surface area (Å²) in [5, 5.41) is 1.54. The molecule has 0 bridgehead atoms. The van der Waals surface area contributed by atoms with Crippen molar-refractivity contribution in [1.29, 1.82) is 0 Å². The van der Waals surface area contributed by atoms with Crippen molar-refractivity contribution >= 4 is 27.8 Å². The second-order valence-electron chi connectivity index (χ2n) is 5.93. The Morgan fingerprint density at radius 2 is 2.00 bits per heavy atom. The first-order valence-corrected chi connectivity index (χ1v) is 8.39. The van der Waals surface area contributed by atoms with Gasteiger partial charge in [-0.3, -0.25) is 4.79 Å². The monoisotopic (exact) mass is 326 g/mol. The topological polar surface area (TPSA) is 64.1 Å². The van der Waals surface area contributed by atoms with Crippen LogP contribution in [0.4, 0.5) is 0 Å². The number of aromatic nitrogens is 2. The number of fused-ring (bicyclic) bond motifs is 3. The SMILES string of the molecule is CCCCc1c(C(=O)OCC)[nH]c2c1c(=O)n(C)c1ccccc21. The van der Waals surface area contributed by atoms with Crippen molar-refractivity contribution in [2.45, 2.75) is 33.1 Å². The molecule has 0 unspecified atom stereocenters. The predicted octanol–water partition coefficient (Wildman–Crippen LogP) is 3.54. The van der Waals surface area contributed by atoms with Crippen LogP contribution >= 0.6 is 0 Å². The van der Waals surface area contributed by atoms with Crippen LogP contribution in [0.25, 0.3) is 21.8 Å². The van der Waals surface area contributed by atoms with E-state index in [1.54, 1.807) is 18.5 Å². The maximum atomic E-state index is 12.9. The van der Waals surface area contributed by atoms with E-state index in [0.29, 0.717) is 24.1 Å². The molecule has 0 aliphatic carbocycles. The highest BCUT2D eigenvalue weighted by Crippen LogP contribution is 2.28. The molecule has 0 saturated heterocycles. The van der Waals surface area contributed by atoms with E-state index in [9.17, 15) is 9.59 Å². The summed E-state index contributed by atoms with van der Waals surface area (Å²) < 4.78 is 6.83. The van der Waals surface area contributed by atoms with Gasteiger partial charge in [-0.2, -0.15) is 0 Å². The molecule has 5 nitrogen and oxygen atoms in total. The number of aryl methyl sites for hydroxylation is 2. The first kappa shape index (κ1) is 16.3. The lowest BCUT2D eigenvalue weighted by molar-refractivity contribution is 0.0519. The number of nitrogens with zero attached hydrogens (tertiary/aromatic N) is 1. The number of hydrogen-bond acceptors (Lipinski definition) is 3. The fraction of sp³-hybridized carbons (Fsp3) is 0.368. The molecule has 126 valence electrons. The number of aromatic amines is 1. The first-order valence-electron chi connectivity index (χ1n) is 8.39. The largest absolute Gasteiger partial charge is 0.461 e. The van der Waals surface area contributed by atoms with E-state index in [1.807, 2.05) is 24.3 Å². The second-order valence-corrected chi connectivity index (χ2v) is 5.93. The number of nitrogens with one attached hydrogen (secondary N) is 1. The third-order valence-electron chi connectivity index (χ3n) is 4.42. The Labute approximate surface area is 140 Å². The quantitative estimate of drug-likeness (QED) is 0.729. The maximum Gasteiger partial charge on any atom is 0.355 e. The second kappa shape index (κ2) is 6.51. The van der Waals surface area contributed by atoms with Gasteiger partial charge >= 0.3 is 5.97 Å². The van der Waals surface area contributed by atoms with E-state index < -0.39 is 5.97 Å². The summed E-state index contributed by atoms with van der Waals surface area (Å²) in [7, 11) is 1.77. The zero-order valence-corrected chi connectivity index (χ0v) is 14.3. The van der Waals surface area contributed by atoms with Crippen LogP contribution in [0.2, 0.25) is 0 Å². The van der Waals surface area contributed by atoms with Crippen LogP contribution < -0.4 is 5.56 Å². The van der Waals surface area contributed by atoms with Gasteiger partial charge in [0.25, 0.3) is 5.56 Å². The molecule has 3 rings (SSSR count). The Morgan fingerprint density at radius 1 is 1.25 bits per heavy atom. The molecule has 2 heterocycles. The van der Waals surface area contributed by atoms with E-state index in [0.717, 1.165) is 34.8 Å². The number of para-hydroxylation sites is 1. The van der Waals surface area contributed by atoms with Crippen LogP contribution in [0, 0.1) is 0 Å². The van der Waals surface area contributed by atoms with E-state index >= 15 is 0 Å². The number of H-pyrrole nitrogens is 1. The fourth-order valence-corrected chi connectivity index (χ4v) is 3.21. The molecule has 5 heteroatoms. The van der Waals surface area contributed by atoms with Crippen molar-refractivity contribution in [2.75, 3.05) is 6.61 Å². The number of pyridine rings is 1. The van der Waals surface area contributed by atoms with Gasteiger partial charge in [0.1, 0.15) is 5.69 Å². The fourth-order valence-electron chi connectivity index (χ4n) is 3.21. The molecule has 1 N–H and O–H groups in total.